The van der Waals surface area contributed by atoms with Gasteiger partial charge in [-0.05, 0) is 38.1 Å². The third-order valence-electron chi connectivity index (χ3n) is 2.81. The van der Waals surface area contributed by atoms with E-state index >= 15 is 0 Å². The predicted molar refractivity (Wildman–Crippen MR) is 73.7 cm³/mol. The van der Waals surface area contributed by atoms with Crippen LogP contribution in [0.2, 0.25) is 0 Å². The highest BCUT2D eigenvalue weighted by molar-refractivity contribution is 6.62. The summed E-state index contributed by atoms with van der Waals surface area (Å²) in [6.07, 6.45) is 1.43. The van der Waals surface area contributed by atoms with Crippen LogP contribution in [-0.2, 0) is 4.79 Å². The highest BCUT2D eigenvalue weighted by Crippen LogP contribution is 2.19. The highest BCUT2D eigenvalue weighted by Gasteiger charge is 2.13. The molecule has 0 bridgehead atoms. The highest BCUT2D eigenvalue weighted by atomic mass is 16.2. The van der Waals surface area contributed by atoms with Crippen molar-refractivity contribution in [1.29, 1.82) is 0 Å². The normalized spacial score (nSPS) is 16.1. The fourth-order valence-electron chi connectivity index (χ4n) is 1.81. The van der Waals surface area contributed by atoms with Crippen molar-refractivity contribution in [3.05, 3.63) is 24.3 Å². The van der Waals surface area contributed by atoms with Crippen molar-refractivity contribution in [2.24, 2.45) is 10.1 Å². The SMILES string of the molecule is CCN(CC)c1ccc(N=C2C=NNC2=O)cc1. The summed E-state index contributed by atoms with van der Waals surface area (Å²) in [5, 5.41) is 3.65. The lowest BCUT2D eigenvalue weighted by Crippen LogP contribution is -2.21. The maximum Gasteiger partial charge on any atom is 0.291 e. The van der Waals surface area contributed by atoms with Crippen LogP contribution in [0.15, 0.2) is 34.4 Å². The van der Waals surface area contributed by atoms with Gasteiger partial charge in [-0.2, -0.15) is 5.10 Å². The van der Waals surface area contributed by atoms with Gasteiger partial charge in [0, 0.05) is 18.8 Å². The molecule has 0 atom stereocenters. The monoisotopic (exact) mass is 244 g/mol. The number of hydrazone groups is 1. The number of amides is 1. The van der Waals surface area contributed by atoms with E-state index in [4.69, 9.17) is 0 Å². The Balaban J connectivity index is 2.17. The van der Waals surface area contributed by atoms with Crippen molar-refractivity contribution in [3.63, 3.8) is 0 Å². The first-order valence-electron chi connectivity index (χ1n) is 6.01. The van der Waals surface area contributed by atoms with E-state index in [0.29, 0.717) is 5.71 Å². The van der Waals surface area contributed by atoms with E-state index < -0.39 is 0 Å². The standard InChI is InChI=1S/C13H16N4O/c1-3-17(4-2)11-7-5-10(6-8-11)15-12-9-14-16-13(12)18/h5-9H,3-4H2,1-2H3,(H,15,16,18). The Morgan fingerprint density at radius 2 is 1.89 bits per heavy atom. The number of rotatable bonds is 4. The third kappa shape index (κ3) is 2.56. The summed E-state index contributed by atoms with van der Waals surface area (Å²) in [6.45, 7) is 6.19. The largest absolute Gasteiger partial charge is 0.372 e. The molecule has 5 heteroatoms. The van der Waals surface area contributed by atoms with E-state index in [9.17, 15) is 4.79 Å². The molecule has 5 nitrogen and oxygen atoms in total. The minimum atomic E-state index is -0.261. The van der Waals surface area contributed by atoms with Gasteiger partial charge >= 0.3 is 0 Å². The lowest BCUT2D eigenvalue weighted by atomic mass is 10.2. The zero-order chi connectivity index (χ0) is 13.0. The van der Waals surface area contributed by atoms with Crippen LogP contribution in [0.1, 0.15) is 13.8 Å². The maximum absolute atomic E-state index is 11.3. The summed E-state index contributed by atoms with van der Waals surface area (Å²) >= 11 is 0. The molecule has 0 spiro atoms. The predicted octanol–water partition coefficient (Wildman–Crippen LogP) is 1.72. The molecule has 0 radical (unpaired) electrons. The molecule has 0 aliphatic carbocycles. The minimum Gasteiger partial charge on any atom is -0.372 e. The van der Waals surface area contributed by atoms with Gasteiger partial charge in [0.1, 0.15) is 0 Å². The Morgan fingerprint density at radius 3 is 2.39 bits per heavy atom. The molecule has 0 aromatic heterocycles. The topological polar surface area (TPSA) is 57.1 Å². The molecule has 1 aliphatic heterocycles. The summed E-state index contributed by atoms with van der Waals surface area (Å²) in [4.78, 5) is 17.7. The fraction of sp³-hybridized carbons (Fsp3) is 0.308. The lowest BCUT2D eigenvalue weighted by molar-refractivity contribution is -0.114. The lowest BCUT2D eigenvalue weighted by Gasteiger charge is -2.20. The van der Waals surface area contributed by atoms with Gasteiger partial charge in [-0.25, -0.2) is 10.4 Å². The Bertz CT molecular complexity index is 486. The second kappa shape index (κ2) is 5.44. The zero-order valence-electron chi connectivity index (χ0n) is 10.6. The second-order valence-corrected chi connectivity index (χ2v) is 3.88. The summed E-state index contributed by atoms with van der Waals surface area (Å²) in [5.41, 5.74) is 4.58. The maximum atomic E-state index is 11.3. The van der Waals surface area contributed by atoms with Gasteiger partial charge in [-0.1, -0.05) is 0 Å². The van der Waals surface area contributed by atoms with Crippen LogP contribution in [0.3, 0.4) is 0 Å². The van der Waals surface area contributed by atoms with Crippen molar-refractivity contribution in [3.8, 4) is 0 Å². The Morgan fingerprint density at radius 1 is 1.22 bits per heavy atom. The van der Waals surface area contributed by atoms with Crippen molar-refractivity contribution in [2.45, 2.75) is 13.8 Å². The van der Waals surface area contributed by atoms with Gasteiger partial charge < -0.3 is 4.90 Å². The number of hydrogen-bond acceptors (Lipinski definition) is 4. The molecule has 94 valence electrons. The molecule has 1 heterocycles. The molecule has 1 N–H and O–H groups in total. The summed E-state index contributed by atoms with van der Waals surface area (Å²) in [7, 11) is 0. The molecule has 18 heavy (non-hydrogen) atoms. The van der Waals surface area contributed by atoms with Crippen LogP contribution in [0.4, 0.5) is 11.4 Å². The molecule has 0 unspecified atom stereocenters. The van der Waals surface area contributed by atoms with Crippen molar-refractivity contribution < 1.29 is 4.79 Å². The minimum absolute atomic E-state index is 0.261. The van der Waals surface area contributed by atoms with E-state index in [1.807, 2.05) is 24.3 Å². The summed E-state index contributed by atoms with van der Waals surface area (Å²) in [5.74, 6) is -0.261. The van der Waals surface area contributed by atoms with E-state index in [1.165, 1.54) is 6.21 Å². The number of carbonyl (C=O) groups excluding carboxylic acids is 1. The number of hydrogen-bond donors (Lipinski definition) is 1. The molecule has 0 saturated heterocycles. The molecule has 0 saturated carbocycles. The molecule has 0 fully saturated rings. The van der Waals surface area contributed by atoms with Gasteiger partial charge in [-0.3, -0.25) is 4.79 Å². The first-order valence-corrected chi connectivity index (χ1v) is 6.01. The molecule has 1 aromatic carbocycles. The van der Waals surface area contributed by atoms with Crippen LogP contribution in [0.25, 0.3) is 0 Å². The zero-order valence-corrected chi connectivity index (χ0v) is 10.6. The number of benzene rings is 1. The van der Waals surface area contributed by atoms with Crippen LogP contribution >= 0.6 is 0 Å². The summed E-state index contributed by atoms with van der Waals surface area (Å²) in [6, 6.07) is 7.83. The third-order valence-corrected chi connectivity index (χ3v) is 2.81. The van der Waals surface area contributed by atoms with Crippen LogP contribution in [0, 0.1) is 0 Å². The average molecular weight is 244 g/mol. The van der Waals surface area contributed by atoms with Gasteiger partial charge in [0.2, 0.25) is 0 Å². The number of carbonyl (C=O) groups is 1. The van der Waals surface area contributed by atoms with E-state index in [0.717, 1.165) is 24.5 Å². The second-order valence-electron chi connectivity index (χ2n) is 3.88. The first-order chi connectivity index (χ1) is 8.74. The molecular weight excluding hydrogens is 228 g/mol. The van der Waals surface area contributed by atoms with Gasteiger partial charge in [-0.15, -0.1) is 0 Å². The number of anilines is 1. The van der Waals surface area contributed by atoms with Gasteiger partial charge in [0.25, 0.3) is 5.91 Å². The number of nitrogens with one attached hydrogen (secondary N) is 1. The first kappa shape index (κ1) is 12.3. The fourth-order valence-corrected chi connectivity index (χ4v) is 1.81. The molecular formula is C13H16N4O. The van der Waals surface area contributed by atoms with Crippen LogP contribution in [-0.4, -0.2) is 30.9 Å². The Hall–Kier alpha value is -2.17. The molecule has 1 aromatic rings. The molecule has 1 amide bonds. The van der Waals surface area contributed by atoms with Crippen LogP contribution in [0.5, 0.6) is 0 Å². The van der Waals surface area contributed by atoms with Crippen LogP contribution < -0.4 is 10.3 Å². The number of nitrogens with zero attached hydrogens (tertiary/aromatic N) is 3. The van der Waals surface area contributed by atoms with Crippen molar-refractivity contribution >= 4 is 29.2 Å². The Labute approximate surface area is 106 Å². The Kier molecular flexibility index (Phi) is 3.72. The van der Waals surface area contributed by atoms with E-state index in [2.05, 4.69) is 34.3 Å². The van der Waals surface area contributed by atoms with Crippen molar-refractivity contribution in [2.75, 3.05) is 18.0 Å². The summed E-state index contributed by atoms with van der Waals surface area (Å²) < 4.78 is 0. The van der Waals surface area contributed by atoms with E-state index in [1.54, 1.807) is 0 Å². The number of aliphatic imine (C=N–C) groups is 1. The van der Waals surface area contributed by atoms with E-state index in [-0.39, 0.29) is 5.91 Å². The van der Waals surface area contributed by atoms with Gasteiger partial charge in [0.05, 0.1) is 11.9 Å². The molecule has 2 rings (SSSR count). The quantitative estimate of drug-likeness (QED) is 0.876. The average Bonchev–Trinajstić information content (AvgIpc) is 2.79. The molecule has 1 aliphatic rings. The van der Waals surface area contributed by atoms with Gasteiger partial charge in [0.15, 0.2) is 5.71 Å². The van der Waals surface area contributed by atoms with Crippen molar-refractivity contribution in [1.82, 2.24) is 5.43 Å². The smallest absolute Gasteiger partial charge is 0.291 e.